The van der Waals surface area contributed by atoms with Crippen LogP contribution in [-0.2, 0) is 11.2 Å². The summed E-state index contributed by atoms with van der Waals surface area (Å²) in [6.45, 7) is 7.26. The lowest BCUT2D eigenvalue weighted by atomic mass is 10.00. The fraction of sp³-hybridized carbons (Fsp3) is 0.379. The van der Waals surface area contributed by atoms with E-state index in [1.54, 1.807) is 23.5 Å². The predicted octanol–water partition coefficient (Wildman–Crippen LogP) is 5.89. The summed E-state index contributed by atoms with van der Waals surface area (Å²) in [5, 5.41) is 2.05. The monoisotopic (exact) mass is 508 g/mol. The quantitative estimate of drug-likeness (QED) is 0.362. The molecule has 0 spiro atoms. The largest absolute Gasteiger partial charge is 0.491 e. The number of benzene rings is 2. The Labute approximate surface area is 216 Å². The summed E-state index contributed by atoms with van der Waals surface area (Å²) in [5.74, 6) is -0.253. The minimum absolute atomic E-state index is 0.00776. The van der Waals surface area contributed by atoms with Gasteiger partial charge in [0.1, 0.15) is 24.7 Å². The molecule has 1 aromatic heterocycles. The Kier molecular flexibility index (Phi) is 8.41. The Balaban J connectivity index is 1.55. The van der Waals surface area contributed by atoms with Crippen molar-refractivity contribution in [2.45, 2.75) is 39.7 Å². The van der Waals surface area contributed by atoms with Crippen LogP contribution in [0.4, 0.5) is 4.39 Å². The van der Waals surface area contributed by atoms with E-state index in [0.717, 1.165) is 29.7 Å². The number of thiophene rings is 1. The number of carbonyl (C=O) groups is 2. The second-order valence-electron chi connectivity index (χ2n) is 9.46. The van der Waals surface area contributed by atoms with Crippen LogP contribution in [0, 0.1) is 18.7 Å². The van der Waals surface area contributed by atoms with Crippen molar-refractivity contribution in [3.63, 3.8) is 0 Å². The van der Waals surface area contributed by atoms with E-state index in [9.17, 15) is 14.0 Å². The average Bonchev–Trinajstić information content (AvgIpc) is 3.36. The summed E-state index contributed by atoms with van der Waals surface area (Å²) in [5.41, 5.74) is 2.24. The number of halogens is 1. The van der Waals surface area contributed by atoms with Gasteiger partial charge >= 0.3 is 0 Å². The molecule has 0 saturated carbocycles. The van der Waals surface area contributed by atoms with Crippen LogP contribution >= 0.6 is 11.3 Å². The zero-order chi connectivity index (χ0) is 25.7. The second-order valence-corrected chi connectivity index (χ2v) is 10.5. The molecule has 1 aliphatic rings. The van der Waals surface area contributed by atoms with Crippen molar-refractivity contribution in [2.24, 2.45) is 5.92 Å². The summed E-state index contributed by atoms with van der Waals surface area (Å²) < 4.78 is 20.5. The second kappa shape index (κ2) is 11.7. The van der Waals surface area contributed by atoms with Gasteiger partial charge in [-0.3, -0.25) is 9.59 Å². The molecule has 0 N–H and O–H groups in total. The molecule has 0 fully saturated rings. The first-order valence-electron chi connectivity index (χ1n) is 12.5. The molecule has 4 rings (SSSR count). The van der Waals surface area contributed by atoms with Crippen molar-refractivity contribution in [2.75, 3.05) is 26.2 Å². The first kappa shape index (κ1) is 25.9. The molecule has 2 heterocycles. The number of fused-ring (bicyclic) bond motifs is 1. The van der Waals surface area contributed by atoms with Gasteiger partial charge in [0.25, 0.3) is 5.91 Å². The maximum atomic E-state index is 14.4. The summed E-state index contributed by atoms with van der Waals surface area (Å²) in [7, 11) is 0. The van der Waals surface area contributed by atoms with Gasteiger partial charge in [0.2, 0.25) is 5.91 Å². The summed E-state index contributed by atoms with van der Waals surface area (Å²) in [6, 6.07) is 15.6. The number of ether oxygens (including phenoxy) is 1. The zero-order valence-electron chi connectivity index (χ0n) is 21.1. The topological polar surface area (TPSA) is 49.9 Å². The first-order valence-corrected chi connectivity index (χ1v) is 13.3. The van der Waals surface area contributed by atoms with Crippen molar-refractivity contribution in [1.82, 2.24) is 9.80 Å². The molecule has 0 aliphatic carbocycles. The van der Waals surface area contributed by atoms with E-state index in [2.05, 4.69) is 11.4 Å². The highest BCUT2D eigenvalue weighted by molar-refractivity contribution is 7.10. The van der Waals surface area contributed by atoms with Gasteiger partial charge in [0.05, 0.1) is 11.6 Å². The molecule has 0 radical (unpaired) electrons. The molecule has 190 valence electrons. The van der Waals surface area contributed by atoms with E-state index < -0.39 is 11.7 Å². The molecule has 1 aliphatic heterocycles. The molecule has 7 heteroatoms. The number of amides is 2. The van der Waals surface area contributed by atoms with E-state index in [1.807, 2.05) is 49.9 Å². The van der Waals surface area contributed by atoms with Crippen LogP contribution in [0.25, 0.3) is 0 Å². The third-order valence-electron chi connectivity index (χ3n) is 6.79. The van der Waals surface area contributed by atoms with Crippen LogP contribution in [-0.4, -0.2) is 47.9 Å². The van der Waals surface area contributed by atoms with Crippen LogP contribution in [0.5, 0.6) is 5.75 Å². The smallest absolute Gasteiger partial charge is 0.257 e. The van der Waals surface area contributed by atoms with Gasteiger partial charge in [-0.15, -0.1) is 11.3 Å². The Morgan fingerprint density at radius 2 is 1.92 bits per heavy atom. The lowest BCUT2D eigenvalue weighted by Crippen LogP contribution is -2.48. The number of hydrogen-bond donors (Lipinski definition) is 0. The van der Waals surface area contributed by atoms with Crippen molar-refractivity contribution < 1.29 is 18.7 Å². The third kappa shape index (κ3) is 5.95. The number of rotatable bonds is 9. The van der Waals surface area contributed by atoms with Crippen molar-refractivity contribution in [1.29, 1.82) is 0 Å². The van der Waals surface area contributed by atoms with Crippen molar-refractivity contribution in [3.8, 4) is 5.75 Å². The molecule has 36 heavy (non-hydrogen) atoms. The highest BCUT2D eigenvalue weighted by atomic mass is 32.1. The van der Waals surface area contributed by atoms with Gasteiger partial charge in [-0.2, -0.15) is 0 Å². The molecule has 0 saturated heterocycles. The minimum atomic E-state index is -0.575. The van der Waals surface area contributed by atoms with Crippen LogP contribution in [0.15, 0.2) is 60.0 Å². The van der Waals surface area contributed by atoms with Crippen LogP contribution in [0.1, 0.15) is 52.7 Å². The number of hydrogen-bond acceptors (Lipinski definition) is 4. The van der Waals surface area contributed by atoms with Crippen LogP contribution < -0.4 is 4.74 Å². The van der Waals surface area contributed by atoms with Gasteiger partial charge in [0, 0.05) is 18.0 Å². The van der Waals surface area contributed by atoms with E-state index in [-0.39, 0.29) is 30.0 Å². The normalized spacial score (nSPS) is 15.8. The number of carbonyl (C=O) groups excluding carboxylic acids is 2. The van der Waals surface area contributed by atoms with Crippen LogP contribution in [0.3, 0.4) is 0 Å². The summed E-state index contributed by atoms with van der Waals surface area (Å²) >= 11 is 1.70. The Morgan fingerprint density at radius 1 is 1.17 bits per heavy atom. The average molecular weight is 509 g/mol. The molecule has 3 aromatic rings. The lowest BCUT2D eigenvalue weighted by molar-refractivity contribution is -0.135. The van der Waals surface area contributed by atoms with E-state index >= 15 is 0 Å². The molecule has 0 bridgehead atoms. The highest BCUT2D eigenvalue weighted by Crippen LogP contribution is 2.34. The Morgan fingerprint density at radius 3 is 2.64 bits per heavy atom. The fourth-order valence-corrected chi connectivity index (χ4v) is 5.40. The maximum absolute atomic E-state index is 14.4. The molecular weight excluding hydrogens is 475 g/mol. The SMILES string of the molecule is CC[C@@H](C)CN(CC(=O)N1CCc2sccc2[C@H]1COc1ccc(C)cc1)C(=O)c1ccccc1F. The zero-order valence-corrected chi connectivity index (χ0v) is 21.9. The Bertz CT molecular complexity index is 1190. The van der Waals surface area contributed by atoms with Gasteiger partial charge in [-0.25, -0.2) is 4.39 Å². The van der Waals surface area contributed by atoms with Crippen molar-refractivity contribution in [3.05, 3.63) is 87.4 Å². The van der Waals surface area contributed by atoms with Gasteiger partial charge in [0.15, 0.2) is 0 Å². The van der Waals surface area contributed by atoms with Gasteiger partial charge in [-0.05, 0) is 60.5 Å². The van der Waals surface area contributed by atoms with E-state index in [1.165, 1.54) is 21.9 Å². The van der Waals surface area contributed by atoms with Crippen molar-refractivity contribution >= 4 is 23.2 Å². The summed E-state index contributed by atoms with van der Waals surface area (Å²) in [6.07, 6.45) is 1.62. The minimum Gasteiger partial charge on any atom is -0.491 e. The third-order valence-corrected chi connectivity index (χ3v) is 7.79. The first-order chi connectivity index (χ1) is 17.4. The van der Waals surface area contributed by atoms with E-state index in [0.29, 0.717) is 19.7 Å². The lowest BCUT2D eigenvalue weighted by Gasteiger charge is -2.37. The predicted molar refractivity (Wildman–Crippen MR) is 141 cm³/mol. The molecule has 2 amide bonds. The van der Waals surface area contributed by atoms with Gasteiger partial charge in [-0.1, -0.05) is 50.1 Å². The van der Waals surface area contributed by atoms with Crippen LogP contribution in [0.2, 0.25) is 0 Å². The standard InChI is InChI=1S/C29H33FN2O3S/c1-4-20(2)17-31(29(34)23-7-5-6-8-25(23)30)18-28(33)32-15-13-27-24(14-16-36-27)26(32)19-35-22-11-9-21(3)10-12-22/h5-12,14,16,20,26H,4,13,15,17-19H2,1-3H3/t20-,26-/m1/s1. The van der Waals surface area contributed by atoms with Gasteiger partial charge < -0.3 is 14.5 Å². The number of aryl methyl sites for hydroxylation is 1. The molecule has 5 nitrogen and oxygen atoms in total. The molecule has 2 atom stereocenters. The molecular formula is C29H33FN2O3S. The Hall–Kier alpha value is -3.19. The molecule has 0 unspecified atom stereocenters. The van der Waals surface area contributed by atoms with E-state index in [4.69, 9.17) is 4.74 Å². The highest BCUT2D eigenvalue weighted by Gasteiger charge is 2.34. The maximum Gasteiger partial charge on any atom is 0.257 e. The number of nitrogens with zero attached hydrogens (tertiary/aromatic N) is 2. The summed E-state index contributed by atoms with van der Waals surface area (Å²) in [4.78, 5) is 31.6. The molecule has 2 aromatic carbocycles. The fourth-order valence-electron chi connectivity index (χ4n) is 4.47.